The maximum atomic E-state index is 5.32. The number of allylic oxidation sites excluding steroid dienone is 2. The van der Waals surface area contributed by atoms with Crippen LogP contribution in [0.25, 0.3) is 86.0 Å². The quantitative estimate of drug-likeness (QED) is 0.200. The minimum atomic E-state index is 0.0559. The number of thiophene rings is 1. The fourth-order valence-corrected chi connectivity index (χ4v) is 9.58. The van der Waals surface area contributed by atoms with Crippen molar-refractivity contribution >= 4 is 97.7 Å². The minimum absolute atomic E-state index is 0.0559. The van der Waals surface area contributed by atoms with Gasteiger partial charge in [0.05, 0.1) is 33.8 Å². The van der Waals surface area contributed by atoms with Crippen molar-refractivity contribution in [3.05, 3.63) is 146 Å². The number of benzene rings is 6. The number of fused-ring (bicyclic) bond motifs is 13. The zero-order chi connectivity index (χ0) is 31.8. The zero-order valence-corrected chi connectivity index (χ0v) is 27.0. The van der Waals surface area contributed by atoms with Crippen LogP contribution in [0.1, 0.15) is 0 Å². The van der Waals surface area contributed by atoms with E-state index in [1.807, 2.05) is 11.3 Å². The molecule has 0 fully saturated rings. The van der Waals surface area contributed by atoms with E-state index >= 15 is 0 Å². The molecule has 5 heterocycles. The van der Waals surface area contributed by atoms with E-state index in [4.69, 9.17) is 4.99 Å². The van der Waals surface area contributed by atoms with Gasteiger partial charge in [-0.3, -0.25) is 4.40 Å². The number of anilines is 1. The van der Waals surface area contributed by atoms with Crippen LogP contribution >= 0.6 is 11.3 Å². The normalized spacial score (nSPS) is 15.7. The monoisotopic (exact) mass is 642 g/mol. The van der Waals surface area contributed by atoms with Crippen LogP contribution in [0.2, 0.25) is 0 Å². The number of hydrogen-bond acceptors (Lipinski definition) is 3. The first-order valence-corrected chi connectivity index (χ1v) is 17.6. The molecule has 0 amide bonds. The topological polar surface area (TPSA) is 33.7 Å². The SMILES string of the molecule is C1=CC2=Nc3c(n4c5cc6sc7ccccc7c6cc5c5cc(-c6ccc7c8ccccc8n(-c8ccccc8)c7c6)cc3c54)NC2C=C1. The summed E-state index contributed by atoms with van der Waals surface area (Å²) in [7, 11) is 0. The van der Waals surface area contributed by atoms with Gasteiger partial charge in [-0.2, -0.15) is 0 Å². The maximum Gasteiger partial charge on any atom is 0.138 e. The first kappa shape index (κ1) is 25.9. The van der Waals surface area contributed by atoms with Gasteiger partial charge in [-0.15, -0.1) is 11.3 Å². The number of nitrogens with zero attached hydrogens (tertiary/aromatic N) is 3. The third-order valence-electron chi connectivity index (χ3n) is 10.6. The van der Waals surface area contributed by atoms with Crippen LogP contribution in [0.4, 0.5) is 11.5 Å². The summed E-state index contributed by atoms with van der Waals surface area (Å²) in [5.74, 6) is 1.07. The van der Waals surface area contributed by atoms with Crippen molar-refractivity contribution in [2.75, 3.05) is 5.32 Å². The molecule has 2 aliphatic rings. The van der Waals surface area contributed by atoms with Crippen molar-refractivity contribution in [1.29, 1.82) is 0 Å². The van der Waals surface area contributed by atoms with Gasteiger partial charge < -0.3 is 9.88 Å². The van der Waals surface area contributed by atoms with Crippen molar-refractivity contribution < 1.29 is 0 Å². The van der Waals surface area contributed by atoms with Gasteiger partial charge in [0.1, 0.15) is 11.5 Å². The van der Waals surface area contributed by atoms with Crippen molar-refractivity contribution in [2.45, 2.75) is 6.04 Å². The summed E-state index contributed by atoms with van der Waals surface area (Å²) in [6.07, 6.45) is 8.52. The molecule has 4 nitrogen and oxygen atoms in total. The molecule has 1 atom stereocenters. The van der Waals surface area contributed by atoms with Gasteiger partial charge in [0.2, 0.25) is 0 Å². The molecule has 1 N–H and O–H groups in total. The van der Waals surface area contributed by atoms with Gasteiger partial charge in [-0.25, -0.2) is 4.99 Å². The summed E-state index contributed by atoms with van der Waals surface area (Å²) in [6, 6.07) is 44.8. The van der Waals surface area contributed by atoms with Crippen LogP contribution in [0, 0.1) is 0 Å². The molecule has 1 unspecified atom stereocenters. The fourth-order valence-electron chi connectivity index (χ4n) is 8.46. The number of para-hydroxylation sites is 2. The van der Waals surface area contributed by atoms with Gasteiger partial charge in [-0.1, -0.05) is 85.0 Å². The van der Waals surface area contributed by atoms with E-state index in [0.717, 1.165) is 22.9 Å². The molecular weight excluding hydrogens is 617 g/mol. The number of aromatic nitrogens is 2. The predicted molar refractivity (Wildman–Crippen MR) is 209 cm³/mol. The molecular formula is C44H26N4S. The Morgan fingerprint density at radius 1 is 0.571 bits per heavy atom. The molecule has 1 aliphatic carbocycles. The highest BCUT2D eigenvalue weighted by molar-refractivity contribution is 7.25. The molecule has 1 aliphatic heterocycles. The van der Waals surface area contributed by atoms with Crippen LogP contribution in [0.15, 0.2) is 151 Å². The van der Waals surface area contributed by atoms with Crippen molar-refractivity contribution in [3.63, 3.8) is 0 Å². The van der Waals surface area contributed by atoms with Crippen molar-refractivity contribution in [2.24, 2.45) is 4.99 Å². The van der Waals surface area contributed by atoms with E-state index < -0.39 is 0 Å². The number of nitrogens with one attached hydrogen (secondary N) is 1. The van der Waals surface area contributed by atoms with Gasteiger partial charge in [0.25, 0.3) is 0 Å². The Kier molecular flexibility index (Phi) is 4.88. The predicted octanol–water partition coefficient (Wildman–Crippen LogP) is 11.8. The Morgan fingerprint density at radius 2 is 1.39 bits per heavy atom. The molecule has 228 valence electrons. The third kappa shape index (κ3) is 3.39. The van der Waals surface area contributed by atoms with E-state index in [1.54, 1.807) is 0 Å². The standard InChI is InChI=1S/C44H26N4S/c1-2-10-27(11-3-1)47-37-16-8-4-12-28(37)29-19-18-25(22-38(29)47)26-20-33-31-23-32-30-13-5-9-17-40(30)49-41(32)24-39(31)48-43(33)34(21-26)42-44(48)46-36-15-7-6-14-35(36)45-42/h1-24,36,46H. The lowest BCUT2D eigenvalue weighted by molar-refractivity contribution is 1.09. The first-order valence-electron chi connectivity index (χ1n) is 16.8. The second kappa shape index (κ2) is 9.25. The number of hydrogen-bond donors (Lipinski definition) is 1. The van der Waals surface area contributed by atoms with E-state index in [9.17, 15) is 0 Å². The van der Waals surface area contributed by atoms with E-state index in [2.05, 4.69) is 160 Å². The number of aliphatic imine (C=N–C) groups is 1. The van der Waals surface area contributed by atoms with Crippen LogP contribution in [-0.2, 0) is 0 Å². The highest BCUT2D eigenvalue weighted by Crippen LogP contribution is 2.50. The molecule has 0 bridgehead atoms. The second-order valence-corrected chi connectivity index (χ2v) is 14.3. The molecule has 6 aromatic carbocycles. The molecule has 49 heavy (non-hydrogen) atoms. The Labute approximate surface area is 284 Å². The average Bonchev–Trinajstić information content (AvgIpc) is 3.88. The summed E-state index contributed by atoms with van der Waals surface area (Å²) in [5.41, 5.74) is 10.5. The van der Waals surface area contributed by atoms with Gasteiger partial charge >= 0.3 is 0 Å². The molecule has 0 saturated carbocycles. The Morgan fingerprint density at radius 3 is 2.33 bits per heavy atom. The molecule has 0 spiro atoms. The lowest BCUT2D eigenvalue weighted by Crippen LogP contribution is -2.30. The largest absolute Gasteiger partial charge is 0.357 e. The maximum absolute atomic E-state index is 5.32. The van der Waals surface area contributed by atoms with Crippen LogP contribution in [-0.4, -0.2) is 20.7 Å². The molecule has 0 saturated heterocycles. The Bertz CT molecular complexity index is 3130. The van der Waals surface area contributed by atoms with Gasteiger partial charge in [0.15, 0.2) is 0 Å². The minimum Gasteiger partial charge on any atom is -0.357 e. The van der Waals surface area contributed by atoms with Gasteiger partial charge in [0, 0.05) is 52.8 Å². The van der Waals surface area contributed by atoms with E-state index in [0.29, 0.717) is 0 Å². The van der Waals surface area contributed by atoms with E-state index in [1.165, 1.54) is 80.3 Å². The average molecular weight is 643 g/mol. The Balaban J connectivity index is 1.19. The summed E-state index contributed by atoms with van der Waals surface area (Å²) < 4.78 is 7.47. The van der Waals surface area contributed by atoms with Crippen molar-refractivity contribution in [1.82, 2.24) is 8.97 Å². The fraction of sp³-hybridized carbons (Fsp3) is 0.0227. The number of rotatable bonds is 2. The molecule has 0 radical (unpaired) electrons. The van der Waals surface area contributed by atoms with Crippen molar-refractivity contribution in [3.8, 4) is 16.8 Å². The lowest BCUT2D eigenvalue weighted by atomic mass is 9.98. The molecule has 4 aromatic heterocycles. The van der Waals surface area contributed by atoms with Crippen LogP contribution < -0.4 is 5.32 Å². The summed E-state index contributed by atoms with van der Waals surface area (Å²) >= 11 is 1.87. The summed E-state index contributed by atoms with van der Waals surface area (Å²) in [6.45, 7) is 0. The smallest absolute Gasteiger partial charge is 0.138 e. The van der Waals surface area contributed by atoms with Crippen LogP contribution in [0.5, 0.6) is 0 Å². The lowest BCUT2D eigenvalue weighted by Gasteiger charge is -2.23. The summed E-state index contributed by atoms with van der Waals surface area (Å²) in [5, 5.41) is 12.7. The molecule has 12 rings (SSSR count). The molecule has 10 aromatic rings. The Hall–Kier alpha value is -6.17. The van der Waals surface area contributed by atoms with E-state index in [-0.39, 0.29) is 6.04 Å². The summed E-state index contributed by atoms with van der Waals surface area (Å²) in [4.78, 5) is 5.32. The highest BCUT2D eigenvalue weighted by Gasteiger charge is 2.29. The molecule has 5 heteroatoms. The third-order valence-corrected chi connectivity index (χ3v) is 11.8. The highest BCUT2D eigenvalue weighted by atomic mass is 32.1. The van der Waals surface area contributed by atoms with Gasteiger partial charge in [-0.05, 0) is 71.8 Å². The van der Waals surface area contributed by atoms with Crippen LogP contribution in [0.3, 0.4) is 0 Å². The first-order chi connectivity index (χ1) is 24.3. The second-order valence-electron chi connectivity index (χ2n) is 13.2. The zero-order valence-electron chi connectivity index (χ0n) is 26.2.